The molecule has 1 fully saturated rings. The summed E-state index contributed by atoms with van der Waals surface area (Å²) in [5.74, 6) is 0. The van der Waals surface area contributed by atoms with Gasteiger partial charge in [0.25, 0.3) is 0 Å². The average Bonchev–Trinajstić information content (AvgIpc) is 3.07. The van der Waals surface area contributed by atoms with Gasteiger partial charge >= 0.3 is 0 Å². The third-order valence-corrected chi connectivity index (χ3v) is 5.15. The lowest BCUT2D eigenvalue weighted by Gasteiger charge is -2.32. The molecule has 1 aromatic heterocycles. The average molecular weight is 334 g/mol. The van der Waals surface area contributed by atoms with Gasteiger partial charge in [0, 0.05) is 25.7 Å². The number of nitrogens with zero attached hydrogens (tertiary/aromatic N) is 3. The van der Waals surface area contributed by atoms with E-state index in [1.54, 1.807) is 0 Å². The number of benzene rings is 2. The van der Waals surface area contributed by atoms with Crippen LogP contribution >= 0.6 is 0 Å². The van der Waals surface area contributed by atoms with Crippen LogP contribution in [0.5, 0.6) is 0 Å². The van der Waals surface area contributed by atoms with E-state index in [-0.39, 0.29) is 0 Å². The van der Waals surface area contributed by atoms with Crippen LogP contribution in [0.3, 0.4) is 0 Å². The summed E-state index contributed by atoms with van der Waals surface area (Å²) in [5.41, 5.74) is 3.72. The predicted octanol–water partition coefficient (Wildman–Crippen LogP) is 3.29. The third kappa shape index (κ3) is 4.09. The van der Waals surface area contributed by atoms with Crippen molar-refractivity contribution in [1.29, 1.82) is 0 Å². The van der Waals surface area contributed by atoms with Crippen LogP contribution in [0.2, 0.25) is 0 Å². The smallest absolute Gasteiger partial charge is 0.0958 e. The van der Waals surface area contributed by atoms with Crippen molar-refractivity contribution in [1.82, 2.24) is 19.8 Å². The summed E-state index contributed by atoms with van der Waals surface area (Å²) in [5, 5.41) is 3.73. The molecule has 25 heavy (non-hydrogen) atoms. The summed E-state index contributed by atoms with van der Waals surface area (Å²) in [4.78, 5) is 7.03. The van der Waals surface area contributed by atoms with Crippen molar-refractivity contribution in [3.8, 4) is 0 Å². The second kappa shape index (κ2) is 7.81. The largest absolute Gasteiger partial charge is 0.329 e. The van der Waals surface area contributed by atoms with E-state index in [1.807, 2.05) is 12.4 Å². The summed E-state index contributed by atoms with van der Waals surface area (Å²) in [6.07, 6.45) is 4.42. The van der Waals surface area contributed by atoms with E-state index >= 15 is 0 Å². The third-order valence-electron chi connectivity index (χ3n) is 5.15. The van der Waals surface area contributed by atoms with Gasteiger partial charge in [0.2, 0.25) is 0 Å². The molecule has 130 valence electrons. The first-order valence-electron chi connectivity index (χ1n) is 9.28. The zero-order chi connectivity index (χ0) is 16.9. The molecule has 1 N–H and O–H groups in total. The number of imidazole rings is 1. The Kier molecular flexibility index (Phi) is 5.09. The monoisotopic (exact) mass is 334 g/mol. The number of rotatable bonds is 6. The van der Waals surface area contributed by atoms with Crippen LogP contribution in [0.4, 0.5) is 0 Å². The van der Waals surface area contributed by atoms with Gasteiger partial charge in [0.05, 0.1) is 17.4 Å². The molecule has 3 aromatic rings. The van der Waals surface area contributed by atoms with Crippen molar-refractivity contribution in [3.63, 3.8) is 0 Å². The number of para-hydroxylation sites is 2. The Hall–Kier alpha value is -2.17. The van der Waals surface area contributed by atoms with Crippen LogP contribution in [-0.2, 0) is 13.1 Å². The molecular weight excluding hydrogens is 308 g/mol. The molecule has 2 aromatic carbocycles. The van der Waals surface area contributed by atoms with Crippen LogP contribution < -0.4 is 5.32 Å². The Labute approximate surface area is 149 Å². The van der Waals surface area contributed by atoms with Crippen LogP contribution in [0.15, 0.2) is 60.9 Å². The quantitative estimate of drug-likeness (QED) is 0.751. The van der Waals surface area contributed by atoms with E-state index in [2.05, 4.69) is 68.3 Å². The number of hydrogen-bond acceptors (Lipinski definition) is 3. The lowest BCUT2D eigenvalue weighted by Crippen LogP contribution is -2.42. The zero-order valence-electron chi connectivity index (χ0n) is 14.6. The van der Waals surface area contributed by atoms with Gasteiger partial charge in [0.15, 0.2) is 0 Å². The van der Waals surface area contributed by atoms with Crippen molar-refractivity contribution in [3.05, 3.63) is 66.5 Å². The van der Waals surface area contributed by atoms with E-state index in [0.717, 1.165) is 25.2 Å². The number of hydrogen-bond donors (Lipinski definition) is 1. The molecule has 2 heterocycles. The van der Waals surface area contributed by atoms with E-state index in [9.17, 15) is 0 Å². The molecule has 0 spiro atoms. The molecule has 1 aliphatic rings. The van der Waals surface area contributed by atoms with Crippen molar-refractivity contribution < 1.29 is 0 Å². The predicted molar refractivity (Wildman–Crippen MR) is 102 cm³/mol. The van der Waals surface area contributed by atoms with E-state index in [4.69, 9.17) is 0 Å². The van der Waals surface area contributed by atoms with Crippen molar-refractivity contribution in [2.24, 2.45) is 0 Å². The molecule has 4 rings (SSSR count). The Bertz CT molecular complexity index is 788. The number of piperidine rings is 1. The van der Waals surface area contributed by atoms with Crippen LogP contribution in [-0.4, -0.2) is 40.1 Å². The number of nitrogens with one attached hydrogen (secondary N) is 1. The molecule has 0 atom stereocenters. The Morgan fingerprint density at radius 3 is 2.56 bits per heavy atom. The number of aromatic nitrogens is 2. The molecule has 4 heteroatoms. The van der Waals surface area contributed by atoms with Gasteiger partial charge in [-0.2, -0.15) is 0 Å². The van der Waals surface area contributed by atoms with Gasteiger partial charge in [-0.25, -0.2) is 4.98 Å². The second-order valence-corrected chi connectivity index (χ2v) is 6.92. The first-order valence-corrected chi connectivity index (χ1v) is 9.28. The lowest BCUT2D eigenvalue weighted by molar-refractivity contribution is 0.190. The summed E-state index contributed by atoms with van der Waals surface area (Å²) in [6, 6.07) is 19.8. The first-order chi connectivity index (χ1) is 12.4. The fourth-order valence-corrected chi connectivity index (χ4v) is 3.71. The summed E-state index contributed by atoms with van der Waals surface area (Å²) >= 11 is 0. The van der Waals surface area contributed by atoms with Gasteiger partial charge in [0.1, 0.15) is 0 Å². The number of likely N-dealkylation sites (tertiary alicyclic amines) is 1. The fraction of sp³-hybridized carbons (Fsp3) is 0.381. The Morgan fingerprint density at radius 1 is 0.960 bits per heavy atom. The Balaban J connectivity index is 1.21. The normalized spacial score (nSPS) is 16.5. The lowest BCUT2D eigenvalue weighted by atomic mass is 10.0. The second-order valence-electron chi connectivity index (χ2n) is 6.92. The summed E-state index contributed by atoms with van der Waals surface area (Å²) in [7, 11) is 0. The maximum absolute atomic E-state index is 4.46. The molecule has 0 radical (unpaired) electrons. The maximum Gasteiger partial charge on any atom is 0.0958 e. The molecular formula is C21H26N4. The van der Waals surface area contributed by atoms with Gasteiger partial charge in [-0.1, -0.05) is 42.5 Å². The van der Waals surface area contributed by atoms with Gasteiger partial charge in [-0.15, -0.1) is 0 Å². The molecule has 0 aliphatic carbocycles. The standard InChI is InChI=1S/C21H26N4/c1-2-6-18(7-3-1)16-24-13-10-19(11-14-24)22-12-15-25-17-23-20-8-4-5-9-21(20)25/h1-9,17,19,22H,10-16H2. The number of fused-ring (bicyclic) bond motifs is 1. The molecule has 0 unspecified atom stereocenters. The first kappa shape index (κ1) is 16.3. The SMILES string of the molecule is c1ccc(CN2CCC(NCCn3cnc4ccccc43)CC2)cc1. The molecule has 0 saturated carbocycles. The molecule has 0 amide bonds. The molecule has 0 bridgehead atoms. The minimum Gasteiger partial charge on any atom is -0.329 e. The summed E-state index contributed by atoms with van der Waals surface area (Å²) in [6.45, 7) is 5.42. The topological polar surface area (TPSA) is 33.1 Å². The highest BCUT2D eigenvalue weighted by Gasteiger charge is 2.18. The zero-order valence-corrected chi connectivity index (χ0v) is 14.6. The van der Waals surface area contributed by atoms with E-state index in [0.29, 0.717) is 6.04 Å². The highest BCUT2D eigenvalue weighted by Crippen LogP contribution is 2.14. The minimum absolute atomic E-state index is 0.641. The highest BCUT2D eigenvalue weighted by atomic mass is 15.1. The van der Waals surface area contributed by atoms with Crippen molar-refractivity contribution in [2.75, 3.05) is 19.6 Å². The van der Waals surface area contributed by atoms with Gasteiger partial charge in [-0.3, -0.25) is 4.90 Å². The Morgan fingerprint density at radius 2 is 1.72 bits per heavy atom. The summed E-state index contributed by atoms with van der Waals surface area (Å²) < 4.78 is 2.24. The van der Waals surface area contributed by atoms with Gasteiger partial charge in [-0.05, 0) is 43.6 Å². The van der Waals surface area contributed by atoms with E-state index < -0.39 is 0 Å². The van der Waals surface area contributed by atoms with E-state index in [1.165, 1.54) is 37.0 Å². The van der Waals surface area contributed by atoms with Crippen molar-refractivity contribution in [2.45, 2.75) is 32.0 Å². The molecule has 1 aliphatic heterocycles. The van der Waals surface area contributed by atoms with Gasteiger partial charge < -0.3 is 9.88 Å². The minimum atomic E-state index is 0.641. The highest BCUT2D eigenvalue weighted by molar-refractivity contribution is 5.74. The van der Waals surface area contributed by atoms with Crippen molar-refractivity contribution >= 4 is 11.0 Å². The van der Waals surface area contributed by atoms with Crippen LogP contribution in [0.25, 0.3) is 11.0 Å². The fourth-order valence-electron chi connectivity index (χ4n) is 3.71. The maximum atomic E-state index is 4.46. The van der Waals surface area contributed by atoms with Crippen LogP contribution in [0, 0.1) is 0 Å². The van der Waals surface area contributed by atoms with Crippen LogP contribution in [0.1, 0.15) is 18.4 Å². The molecule has 4 nitrogen and oxygen atoms in total. The molecule has 1 saturated heterocycles.